The van der Waals surface area contributed by atoms with Gasteiger partial charge in [-0.05, 0) is 82.1 Å². The Hall–Kier alpha value is -4.50. The Labute approximate surface area is 230 Å². The molecule has 0 spiro atoms. The molecule has 0 aliphatic carbocycles. The lowest BCUT2D eigenvalue weighted by Crippen LogP contribution is -2.11. The van der Waals surface area contributed by atoms with E-state index in [1.54, 1.807) is 0 Å². The van der Waals surface area contributed by atoms with Crippen molar-refractivity contribution in [2.24, 2.45) is 0 Å². The van der Waals surface area contributed by atoms with Gasteiger partial charge in [0.1, 0.15) is 5.82 Å². The summed E-state index contributed by atoms with van der Waals surface area (Å²) in [5.74, 6) is 0.945. The number of aryl methyl sites for hydroxylation is 2. The number of rotatable bonds is 4. The van der Waals surface area contributed by atoms with E-state index >= 15 is 0 Å². The van der Waals surface area contributed by atoms with Crippen LogP contribution in [0.1, 0.15) is 37.5 Å². The maximum absolute atomic E-state index is 4.79. The molecule has 0 fully saturated rings. The number of aromatic nitrogens is 3. The third-order valence-corrected chi connectivity index (χ3v) is 7.56. The lowest BCUT2D eigenvalue weighted by atomic mass is 9.87. The van der Waals surface area contributed by atoms with Gasteiger partial charge in [-0.1, -0.05) is 87.5 Å². The van der Waals surface area contributed by atoms with E-state index in [1.165, 1.54) is 44.3 Å². The summed E-state index contributed by atoms with van der Waals surface area (Å²) in [7, 11) is 0. The van der Waals surface area contributed by atoms with Crippen molar-refractivity contribution in [1.82, 2.24) is 14.5 Å². The predicted octanol–water partition coefficient (Wildman–Crippen LogP) is 9.34. The van der Waals surface area contributed by atoms with E-state index in [2.05, 4.69) is 136 Å². The summed E-state index contributed by atoms with van der Waals surface area (Å²) in [5.41, 5.74) is 10.6. The molecule has 3 heteroatoms. The standard InChI is InChI=1S/C36H33N3/c1-24-9-6-10-25(2)34(24)39-20-19-38-35(39)29-16-15-26-11-8-14-31(32(26)22-29)27-12-7-13-28(21-27)33-23-30(17-18-37-33)36(3,4)5/h6-23H,1-5H3. The fraction of sp³-hybridized carbons (Fsp3) is 0.167. The van der Waals surface area contributed by atoms with Crippen LogP contribution in [0, 0.1) is 13.8 Å². The van der Waals surface area contributed by atoms with Gasteiger partial charge in [-0.2, -0.15) is 0 Å². The van der Waals surface area contributed by atoms with Gasteiger partial charge in [-0.15, -0.1) is 0 Å². The molecule has 3 nitrogen and oxygen atoms in total. The van der Waals surface area contributed by atoms with Crippen molar-refractivity contribution >= 4 is 10.8 Å². The zero-order valence-corrected chi connectivity index (χ0v) is 23.2. The minimum Gasteiger partial charge on any atom is -0.299 e. The van der Waals surface area contributed by atoms with Crippen LogP contribution in [0.5, 0.6) is 0 Å². The molecule has 4 aromatic carbocycles. The van der Waals surface area contributed by atoms with Crippen LogP contribution in [0.15, 0.2) is 110 Å². The number of para-hydroxylation sites is 1. The van der Waals surface area contributed by atoms with Crippen LogP contribution in [0.3, 0.4) is 0 Å². The van der Waals surface area contributed by atoms with Crippen LogP contribution in [-0.2, 0) is 5.41 Å². The zero-order valence-electron chi connectivity index (χ0n) is 23.2. The van der Waals surface area contributed by atoms with Gasteiger partial charge in [0.2, 0.25) is 0 Å². The van der Waals surface area contributed by atoms with Gasteiger partial charge in [-0.3, -0.25) is 9.55 Å². The minimum absolute atomic E-state index is 0.0733. The minimum atomic E-state index is 0.0733. The van der Waals surface area contributed by atoms with Crippen molar-refractivity contribution < 1.29 is 0 Å². The molecule has 0 radical (unpaired) electrons. The van der Waals surface area contributed by atoms with Crippen LogP contribution in [0.4, 0.5) is 0 Å². The van der Waals surface area contributed by atoms with Crippen molar-refractivity contribution in [2.75, 3.05) is 0 Å². The molecule has 6 aromatic rings. The van der Waals surface area contributed by atoms with Gasteiger partial charge in [0.25, 0.3) is 0 Å². The number of nitrogens with zero attached hydrogens (tertiary/aromatic N) is 3. The molecule has 0 saturated heterocycles. The van der Waals surface area contributed by atoms with Gasteiger partial charge in [0.05, 0.1) is 11.4 Å². The van der Waals surface area contributed by atoms with E-state index in [1.807, 2.05) is 12.4 Å². The normalized spacial score (nSPS) is 11.7. The summed E-state index contributed by atoms with van der Waals surface area (Å²) < 4.78 is 2.21. The van der Waals surface area contributed by atoms with Gasteiger partial charge in [0.15, 0.2) is 0 Å². The Kier molecular flexibility index (Phi) is 6.15. The van der Waals surface area contributed by atoms with E-state index in [0.717, 1.165) is 22.6 Å². The van der Waals surface area contributed by atoms with E-state index in [-0.39, 0.29) is 5.41 Å². The summed E-state index contributed by atoms with van der Waals surface area (Å²) >= 11 is 0. The smallest absolute Gasteiger partial charge is 0.144 e. The fourth-order valence-electron chi connectivity index (χ4n) is 5.45. The first-order chi connectivity index (χ1) is 18.8. The second-order valence-corrected chi connectivity index (χ2v) is 11.4. The van der Waals surface area contributed by atoms with E-state index < -0.39 is 0 Å². The highest BCUT2D eigenvalue weighted by atomic mass is 15.1. The van der Waals surface area contributed by atoms with Crippen molar-refractivity contribution in [3.63, 3.8) is 0 Å². The Morgan fingerprint density at radius 1 is 0.641 bits per heavy atom. The van der Waals surface area contributed by atoms with E-state index in [0.29, 0.717) is 0 Å². The van der Waals surface area contributed by atoms with Crippen LogP contribution >= 0.6 is 0 Å². The molecule has 39 heavy (non-hydrogen) atoms. The monoisotopic (exact) mass is 507 g/mol. The number of imidazole rings is 1. The van der Waals surface area contributed by atoms with Crippen molar-refractivity contribution in [3.05, 3.63) is 126 Å². The van der Waals surface area contributed by atoms with Gasteiger partial charge < -0.3 is 0 Å². The molecule has 2 aromatic heterocycles. The van der Waals surface area contributed by atoms with Crippen molar-refractivity contribution in [2.45, 2.75) is 40.0 Å². The maximum atomic E-state index is 4.79. The van der Waals surface area contributed by atoms with Crippen LogP contribution in [-0.4, -0.2) is 14.5 Å². The quantitative estimate of drug-likeness (QED) is 0.238. The predicted molar refractivity (Wildman–Crippen MR) is 163 cm³/mol. The summed E-state index contributed by atoms with van der Waals surface area (Å²) in [6.07, 6.45) is 5.87. The van der Waals surface area contributed by atoms with Gasteiger partial charge in [-0.25, -0.2) is 4.98 Å². The van der Waals surface area contributed by atoms with E-state index in [9.17, 15) is 0 Å². The summed E-state index contributed by atoms with van der Waals surface area (Å²) in [4.78, 5) is 9.50. The number of pyridine rings is 1. The van der Waals surface area contributed by atoms with Gasteiger partial charge in [0, 0.05) is 29.7 Å². The molecule has 0 aliphatic heterocycles. The molecule has 0 atom stereocenters. The highest BCUT2D eigenvalue weighted by molar-refractivity contribution is 5.99. The van der Waals surface area contributed by atoms with Crippen LogP contribution in [0.25, 0.3) is 50.2 Å². The Balaban J connectivity index is 1.47. The first-order valence-corrected chi connectivity index (χ1v) is 13.5. The third kappa shape index (κ3) is 4.66. The number of benzene rings is 4. The molecular weight excluding hydrogens is 474 g/mol. The lowest BCUT2D eigenvalue weighted by molar-refractivity contribution is 0.589. The molecule has 6 rings (SSSR count). The highest BCUT2D eigenvalue weighted by Crippen LogP contribution is 2.35. The fourth-order valence-corrected chi connectivity index (χ4v) is 5.45. The maximum Gasteiger partial charge on any atom is 0.144 e. The molecule has 0 aliphatic rings. The first-order valence-electron chi connectivity index (χ1n) is 13.5. The Bertz CT molecular complexity index is 1800. The Morgan fingerprint density at radius 2 is 1.38 bits per heavy atom. The SMILES string of the molecule is Cc1cccc(C)c1-n1ccnc1-c1ccc2cccc(-c3cccc(-c4cc(C(C)(C)C)ccn4)c3)c2c1. The summed E-state index contributed by atoms with van der Waals surface area (Å²) in [6, 6.07) is 32.7. The molecule has 0 unspecified atom stereocenters. The largest absolute Gasteiger partial charge is 0.299 e. The lowest BCUT2D eigenvalue weighted by Gasteiger charge is -2.19. The number of hydrogen-bond acceptors (Lipinski definition) is 2. The molecule has 0 N–H and O–H groups in total. The summed E-state index contributed by atoms with van der Waals surface area (Å²) in [5, 5.41) is 2.42. The van der Waals surface area contributed by atoms with Gasteiger partial charge >= 0.3 is 0 Å². The average molecular weight is 508 g/mol. The number of fused-ring (bicyclic) bond motifs is 1. The van der Waals surface area contributed by atoms with Crippen LogP contribution < -0.4 is 0 Å². The number of hydrogen-bond donors (Lipinski definition) is 0. The zero-order chi connectivity index (χ0) is 27.1. The second-order valence-electron chi connectivity index (χ2n) is 11.4. The Morgan fingerprint density at radius 3 is 2.18 bits per heavy atom. The first kappa shape index (κ1) is 24.8. The molecule has 0 amide bonds. The molecular formula is C36H33N3. The molecule has 0 bridgehead atoms. The van der Waals surface area contributed by atoms with E-state index in [4.69, 9.17) is 9.97 Å². The topological polar surface area (TPSA) is 30.7 Å². The second kappa shape index (κ2) is 9.67. The molecule has 192 valence electrons. The average Bonchev–Trinajstić information content (AvgIpc) is 3.41. The van der Waals surface area contributed by atoms with Crippen molar-refractivity contribution in [1.29, 1.82) is 0 Å². The molecule has 0 saturated carbocycles. The van der Waals surface area contributed by atoms with Crippen molar-refractivity contribution in [3.8, 4) is 39.5 Å². The van der Waals surface area contributed by atoms with Crippen LogP contribution in [0.2, 0.25) is 0 Å². The summed E-state index contributed by atoms with van der Waals surface area (Å²) in [6.45, 7) is 11.0. The highest BCUT2D eigenvalue weighted by Gasteiger charge is 2.16. The molecule has 2 heterocycles. The third-order valence-electron chi connectivity index (χ3n) is 7.56.